The summed E-state index contributed by atoms with van der Waals surface area (Å²) in [5, 5.41) is 0.161. The number of nitrogens with zero attached hydrogens (tertiary/aromatic N) is 1. The second kappa shape index (κ2) is 4.71. The van der Waals surface area contributed by atoms with Gasteiger partial charge in [0.1, 0.15) is 10.4 Å². The second-order valence-corrected chi connectivity index (χ2v) is 10.2. The van der Waals surface area contributed by atoms with Gasteiger partial charge in [0.2, 0.25) is 5.89 Å². The van der Waals surface area contributed by atoms with Crippen molar-refractivity contribution in [3.63, 3.8) is 0 Å². The van der Waals surface area contributed by atoms with Crippen LogP contribution in [0.1, 0.15) is 47.4 Å². The summed E-state index contributed by atoms with van der Waals surface area (Å²) in [6.07, 6.45) is 0. The molecule has 0 aliphatic carbocycles. The molecule has 116 valence electrons. The highest BCUT2D eigenvalue weighted by molar-refractivity contribution is 7.93. The number of oxazole rings is 1. The molecule has 21 heavy (non-hydrogen) atoms. The van der Waals surface area contributed by atoms with Crippen molar-refractivity contribution in [1.82, 2.24) is 4.98 Å². The number of fused-ring (bicyclic) bond motifs is 1. The number of rotatable bonds is 1. The molecular weight excluding hydrogens is 310 g/mol. The zero-order chi connectivity index (χ0) is 16.2. The summed E-state index contributed by atoms with van der Waals surface area (Å²) in [5.74, 6) is 0.491. The number of benzene rings is 1. The first kappa shape index (κ1) is 16.3. The van der Waals surface area contributed by atoms with Gasteiger partial charge < -0.3 is 4.42 Å². The van der Waals surface area contributed by atoms with Crippen LogP contribution in [-0.4, -0.2) is 18.1 Å². The lowest BCUT2D eigenvalue weighted by Crippen LogP contribution is -2.28. The third-order valence-corrected chi connectivity index (χ3v) is 6.16. The van der Waals surface area contributed by atoms with Crippen LogP contribution in [0.4, 0.5) is 0 Å². The van der Waals surface area contributed by atoms with Gasteiger partial charge in [-0.25, -0.2) is 13.4 Å². The fraction of sp³-hybridized carbons (Fsp3) is 0.533. The Labute approximate surface area is 130 Å². The number of aromatic nitrogens is 1. The predicted molar refractivity (Wildman–Crippen MR) is 84.7 cm³/mol. The molecule has 0 spiro atoms. The van der Waals surface area contributed by atoms with Crippen LogP contribution in [-0.2, 0) is 15.3 Å². The van der Waals surface area contributed by atoms with E-state index in [1.807, 2.05) is 20.8 Å². The lowest BCUT2D eigenvalue weighted by molar-refractivity contribution is 0.408. The molecule has 2 aromatic rings. The average Bonchev–Trinajstić information content (AvgIpc) is 2.69. The molecule has 0 aliphatic rings. The monoisotopic (exact) mass is 329 g/mol. The first-order chi connectivity index (χ1) is 9.35. The number of halogens is 1. The van der Waals surface area contributed by atoms with Crippen molar-refractivity contribution in [2.24, 2.45) is 0 Å². The van der Waals surface area contributed by atoms with E-state index in [1.54, 1.807) is 32.9 Å². The topological polar surface area (TPSA) is 60.2 Å². The molecule has 0 saturated carbocycles. The highest BCUT2D eigenvalue weighted by atomic mass is 35.5. The Bertz CT molecular complexity index is 793. The Balaban J connectivity index is 2.87. The largest absolute Gasteiger partial charge is 0.439 e. The molecule has 0 amide bonds. The number of hydrogen-bond donors (Lipinski definition) is 0. The molecule has 1 aromatic carbocycles. The third kappa shape index (κ3) is 2.69. The van der Waals surface area contributed by atoms with Crippen LogP contribution >= 0.6 is 11.6 Å². The highest BCUT2D eigenvalue weighted by Crippen LogP contribution is 2.38. The summed E-state index contributed by atoms with van der Waals surface area (Å²) in [4.78, 5) is 4.42. The van der Waals surface area contributed by atoms with Crippen molar-refractivity contribution in [3.05, 3.63) is 23.0 Å². The molecule has 2 rings (SSSR count). The van der Waals surface area contributed by atoms with Gasteiger partial charge in [-0.1, -0.05) is 32.4 Å². The third-order valence-electron chi connectivity index (χ3n) is 3.18. The minimum absolute atomic E-state index is 0.0252. The molecular formula is C15H20ClNO3S. The maximum absolute atomic E-state index is 12.8. The fourth-order valence-electron chi connectivity index (χ4n) is 1.82. The summed E-state index contributed by atoms with van der Waals surface area (Å²) in [5.41, 5.74) is 0.434. The molecule has 0 fully saturated rings. The standard InChI is InChI=1S/C15H20ClNO3S/c1-14(2,3)13-17-10-8-7-9(16)12(11(10)20-13)21(18,19)15(4,5)6/h7-8H,1-6H3. The molecule has 0 saturated heterocycles. The quantitative estimate of drug-likeness (QED) is 0.780. The molecule has 6 heteroatoms. The van der Waals surface area contributed by atoms with Crippen LogP contribution < -0.4 is 0 Å². The summed E-state index contributed by atoms with van der Waals surface area (Å²) in [7, 11) is -3.63. The molecule has 1 heterocycles. The molecule has 0 atom stereocenters. The van der Waals surface area contributed by atoms with Crippen molar-refractivity contribution < 1.29 is 12.8 Å². The van der Waals surface area contributed by atoms with Gasteiger partial charge in [0.05, 0.1) is 9.77 Å². The summed E-state index contributed by atoms with van der Waals surface area (Å²) < 4.78 is 30.3. The van der Waals surface area contributed by atoms with E-state index in [2.05, 4.69) is 4.98 Å². The Kier molecular flexibility index (Phi) is 3.66. The van der Waals surface area contributed by atoms with Crippen molar-refractivity contribution in [2.75, 3.05) is 0 Å². The zero-order valence-corrected chi connectivity index (χ0v) is 14.7. The van der Waals surface area contributed by atoms with Gasteiger partial charge in [-0.15, -0.1) is 0 Å². The van der Waals surface area contributed by atoms with Crippen LogP contribution in [0.15, 0.2) is 21.4 Å². The van der Waals surface area contributed by atoms with Crippen molar-refractivity contribution in [2.45, 2.75) is 56.6 Å². The van der Waals surface area contributed by atoms with E-state index in [0.29, 0.717) is 11.4 Å². The molecule has 0 N–H and O–H groups in total. The van der Waals surface area contributed by atoms with Gasteiger partial charge in [-0.3, -0.25) is 0 Å². The van der Waals surface area contributed by atoms with Crippen LogP contribution in [0, 0.1) is 0 Å². The molecule has 0 unspecified atom stereocenters. The summed E-state index contributed by atoms with van der Waals surface area (Å²) >= 11 is 6.15. The maximum atomic E-state index is 12.8. The zero-order valence-electron chi connectivity index (χ0n) is 13.1. The van der Waals surface area contributed by atoms with E-state index in [4.69, 9.17) is 16.0 Å². The van der Waals surface area contributed by atoms with Crippen LogP contribution in [0.5, 0.6) is 0 Å². The van der Waals surface area contributed by atoms with E-state index >= 15 is 0 Å². The van der Waals surface area contributed by atoms with Gasteiger partial charge in [0.15, 0.2) is 15.4 Å². The average molecular weight is 330 g/mol. The SMILES string of the molecule is CC(C)(C)c1nc2ccc(Cl)c(S(=O)(=O)C(C)(C)C)c2o1. The van der Waals surface area contributed by atoms with Gasteiger partial charge in [-0.2, -0.15) is 0 Å². The van der Waals surface area contributed by atoms with Crippen molar-refractivity contribution in [1.29, 1.82) is 0 Å². The number of sulfone groups is 1. The summed E-state index contributed by atoms with van der Waals surface area (Å²) in [6.45, 7) is 10.8. The van der Waals surface area contributed by atoms with Gasteiger partial charge >= 0.3 is 0 Å². The van der Waals surface area contributed by atoms with Gasteiger partial charge in [0.25, 0.3) is 0 Å². The molecule has 0 aliphatic heterocycles. The van der Waals surface area contributed by atoms with E-state index in [-0.39, 0.29) is 20.9 Å². The smallest absolute Gasteiger partial charge is 0.200 e. The highest BCUT2D eigenvalue weighted by Gasteiger charge is 2.36. The Morgan fingerprint density at radius 1 is 1.10 bits per heavy atom. The Hall–Kier alpha value is -1.07. The molecule has 0 bridgehead atoms. The van der Waals surface area contributed by atoms with Crippen LogP contribution in [0.3, 0.4) is 0 Å². The number of hydrogen-bond acceptors (Lipinski definition) is 4. The fourth-order valence-corrected chi connectivity index (χ4v) is 3.60. The van der Waals surface area contributed by atoms with E-state index < -0.39 is 14.6 Å². The summed E-state index contributed by atoms with van der Waals surface area (Å²) in [6, 6.07) is 3.23. The van der Waals surface area contributed by atoms with Gasteiger partial charge in [0, 0.05) is 5.41 Å². The Morgan fingerprint density at radius 3 is 2.14 bits per heavy atom. The first-order valence-corrected chi connectivity index (χ1v) is 8.56. The van der Waals surface area contributed by atoms with Crippen LogP contribution in [0.2, 0.25) is 5.02 Å². The molecule has 4 nitrogen and oxygen atoms in total. The molecule has 0 radical (unpaired) electrons. The predicted octanol–water partition coefficient (Wildman–Crippen LogP) is 4.35. The van der Waals surface area contributed by atoms with E-state index in [1.165, 1.54) is 0 Å². The van der Waals surface area contributed by atoms with Gasteiger partial charge in [-0.05, 0) is 32.9 Å². The minimum Gasteiger partial charge on any atom is -0.439 e. The van der Waals surface area contributed by atoms with Crippen LogP contribution in [0.25, 0.3) is 11.1 Å². The minimum atomic E-state index is -3.63. The lowest BCUT2D eigenvalue weighted by Gasteiger charge is -2.20. The first-order valence-electron chi connectivity index (χ1n) is 6.70. The Morgan fingerprint density at radius 2 is 1.67 bits per heavy atom. The maximum Gasteiger partial charge on any atom is 0.200 e. The lowest BCUT2D eigenvalue weighted by atomic mass is 9.97. The van der Waals surface area contributed by atoms with E-state index in [0.717, 1.165) is 0 Å². The second-order valence-electron chi connectivity index (χ2n) is 7.11. The van der Waals surface area contributed by atoms with Crippen molar-refractivity contribution in [3.8, 4) is 0 Å². The van der Waals surface area contributed by atoms with E-state index in [9.17, 15) is 8.42 Å². The van der Waals surface area contributed by atoms with Crippen molar-refractivity contribution >= 4 is 32.5 Å². The normalized spacial score (nSPS) is 13.9. The molecule has 1 aromatic heterocycles.